The van der Waals surface area contributed by atoms with E-state index in [4.69, 9.17) is 10.2 Å². The molecule has 19 heavy (non-hydrogen) atoms. The molecule has 0 amide bonds. The number of nitrogens with two attached hydrogens (primary N) is 1. The lowest BCUT2D eigenvalue weighted by Crippen LogP contribution is -1.86. The van der Waals surface area contributed by atoms with Crippen LogP contribution in [0.4, 0.5) is 5.69 Å². The Labute approximate surface area is 112 Å². The first kappa shape index (κ1) is 11.8. The number of fused-ring (bicyclic) bond motifs is 1. The van der Waals surface area contributed by atoms with Crippen LogP contribution in [0.1, 0.15) is 25.3 Å². The van der Waals surface area contributed by atoms with E-state index < -0.39 is 0 Å². The van der Waals surface area contributed by atoms with E-state index in [2.05, 4.69) is 31.0 Å². The largest absolute Gasteiger partial charge is 0.436 e. The van der Waals surface area contributed by atoms with Gasteiger partial charge in [0, 0.05) is 11.3 Å². The van der Waals surface area contributed by atoms with Crippen LogP contribution >= 0.6 is 0 Å². The minimum atomic E-state index is 0.483. The van der Waals surface area contributed by atoms with Crippen LogP contribution in [0, 0.1) is 0 Å². The van der Waals surface area contributed by atoms with Crippen molar-refractivity contribution in [1.29, 1.82) is 0 Å². The molecule has 3 heteroatoms. The van der Waals surface area contributed by atoms with Crippen molar-refractivity contribution in [1.82, 2.24) is 4.98 Å². The fraction of sp³-hybridized carbons (Fsp3) is 0.188. The number of oxazole rings is 1. The van der Waals surface area contributed by atoms with Gasteiger partial charge in [0.2, 0.25) is 5.89 Å². The monoisotopic (exact) mass is 252 g/mol. The summed E-state index contributed by atoms with van der Waals surface area (Å²) in [6.07, 6.45) is 0. The molecule has 0 aliphatic rings. The van der Waals surface area contributed by atoms with E-state index in [1.165, 1.54) is 5.56 Å². The SMILES string of the molecule is CC(C)c1ccc2oc(-c3cccc(N)c3)nc2c1. The lowest BCUT2D eigenvalue weighted by Gasteiger charge is -2.02. The lowest BCUT2D eigenvalue weighted by atomic mass is 10.0. The Morgan fingerprint density at radius 2 is 1.95 bits per heavy atom. The predicted molar refractivity (Wildman–Crippen MR) is 77.9 cm³/mol. The van der Waals surface area contributed by atoms with Crippen LogP contribution in [-0.4, -0.2) is 4.98 Å². The molecule has 0 radical (unpaired) electrons. The maximum absolute atomic E-state index is 5.78. The Kier molecular flexibility index (Phi) is 2.75. The van der Waals surface area contributed by atoms with Crippen molar-refractivity contribution in [2.75, 3.05) is 5.73 Å². The van der Waals surface area contributed by atoms with Crippen molar-refractivity contribution in [3.8, 4) is 11.5 Å². The summed E-state index contributed by atoms with van der Waals surface area (Å²) in [7, 11) is 0. The fourth-order valence-electron chi connectivity index (χ4n) is 2.10. The molecule has 3 nitrogen and oxygen atoms in total. The average molecular weight is 252 g/mol. The standard InChI is InChI=1S/C16H16N2O/c1-10(2)11-6-7-15-14(9-11)18-16(19-15)12-4-3-5-13(17)8-12/h3-10H,17H2,1-2H3. The molecular weight excluding hydrogens is 236 g/mol. The van der Waals surface area contributed by atoms with Gasteiger partial charge in [0.25, 0.3) is 0 Å². The maximum atomic E-state index is 5.78. The van der Waals surface area contributed by atoms with Gasteiger partial charge in [-0.1, -0.05) is 26.0 Å². The van der Waals surface area contributed by atoms with Gasteiger partial charge in [0.15, 0.2) is 5.58 Å². The van der Waals surface area contributed by atoms with E-state index >= 15 is 0 Å². The zero-order chi connectivity index (χ0) is 13.4. The molecule has 0 aliphatic carbocycles. The highest BCUT2D eigenvalue weighted by Crippen LogP contribution is 2.27. The van der Waals surface area contributed by atoms with Crippen molar-refractivity contribution >= 4 is 16.8 Å². The van der Waals surface area contributed by atoms with Gasteiger partial charge < -0.3 is 10.2 Å². The second-order valence-electron chi connectivity index (χ2n) is 5.03. The van der Waals surface area contributed by atoms with Gasteiger partial charge in [-0.05, 0) is 41.8 Å². The van der Waals surface area contributed by atoms with Crippen molar-refractivity contribution in [2.24, 2.45) is 0 Å². The van der Waals surface area contributed by atoms with Crippen LogP contribution in [-0.2, 0) is 0 Å². The summed E-state index contributed by atoms with van der Waals surface area (Å²) in [6, 6.07) is 13.7. The first-order chi connectivity index (χ1) is 9.13. The highest BCUT2D eigenvalue weighted by molar-refractivity contribution is 5.77. The second-order valence-corrected chi connectivity index (χ2v) is 5.03. The number of hydrogen-bond donors (Lipinski definition) is 1. The first-order valence-electron chi connectivity index (χ1n) is 6.40. The summed E-state index contributed by atoms with van der Waals surface area (Å²) in [5.74, 6) is 1.10. The molecule has 96 valence electrons. The molecule has 0 unspecified atom stereocenters. The normalized spacial score (nSPS) is 11.3. The Balaban J connectivity index is 2.11. The van der Waals surface area contributed by atoms with Gasteiger partial charge in [-0.25, -0.2) is 4.98 Å². The topological polar surface area (TPSA) is 52.0 Å². The average Bonchev–Trinajstić information content (AvgIpc) is 2.81. The number of nitrogens with zero attached hydrogens (tertiary/aromatic N) is 1. The third-order valence-corrected chi connectivity index (χ3v) is 3.21. The quantitative estimate of drug-likeness (QED) is 0.695. The van der Waals surface area contributed by atoms with E-state index in [0.717, 1.165) is 16.7 Å². The molecule has 3 rings (SSSR count). The van der Waals surface area contributed by atoms with Gasteiger partial charge in [0.05, 0.1) is 0 Å². The summed E-state index contributed by atoms with van der Waals surface area (Å²) >= 11 is 0. The minimum absolute atomic E-state index is 0.483. The molecule has 0 bridgehead atoms. The Morgan fingerprint density at radius 3 is 2.68 bits per heavy atom. The number of nitrogen functional groups attached to an aromatic ring is 1. The van der Waals surface area contributed by atoms with Gasteiger partial charge in [-0.2, -0.15) is 0 Å². The maximum Gasteiger partial charge on any atom is 0.227 e. The van der Waals surface area contributed by atoms with E-state index in [1.807, 2.05) is 30.3 Å². The summed E-state index contributed by atoms with van der Waals surface area (Å²) in [4.78, 5) is 4.54. The number of benzene rings is 2. The van der Waals surface area contributed by atoms with Crippen LogP contribution in [0.5, 0.6) is 0 Å². The Morgan fingerprint density at radius 1 is 1.11 bits per heavy atom. The molecule has 1 aromatic heterocycles. The Hall–Kier alpha value is -2.29. The molecule has 1 heterocycles. The predicted octanol–water partition coefficient (Wildman–Crippen LogP) is 4.20. The minimum Gasteiger partial charge on any atom is -0.436 e. The molecule has 0 saturated carbocycles. The summed E-state index contributed by atoms with van der Waals surface area (Å²) in [6.45, 7) is 4.33. The number of anilines is 1. The highest BCUT2D eigenvalue weighted by atomic mass is 16.3. The van der Waals surface area contributed by atoms with Crippen LogP contribution in [0.15, 0.2) is 46.9 Å². The fourth-order valence-corrected chi connectivity index (χ4v) is 2.10. The Bertz CT molecular complexity index is 728. The van der Waals surface area contributed by atoms with Crippen molar-refractivity contribution in [2.45, 2.75) is 19.8 Å². The molecule has 2 N–H and O–H groups in total. The lowest BCUT2D eigenvalue weighted by molar-refractivity contribution is 0.620. The third kappa shape index (κ3) is 2.19. The van der Waals surface area contributed by atoms with E-state index in [-0.39, 0.29) is 0 Å². The highest BCUT2D eigenvalue weighted by Gasteiger charge is 2.09. The number of hydrogen-bond acceptors (Lipinski definition) is 3. The molecule has 2 aromatic carbocycles. The van der Waals surface area contributed by atoms with E-state index in [0.29, 0.717) is 17.5 Å². The zero-order valence-corrected chi connectivity index (χ0v) is 11.1. The zero-order valence-electron chi connectivity index (χ0n) is 11.1. The van der Waals surface area contributed by atoms with Crippen LogP contribution in [0.25, 0.3) is 22.6 Å². The summed E-state index contributed by atoms with van der Waals surface area (Å²) in [5, 5.41) is 0. The van der Waals surface area contributed by atoms with Crippen LogP contribution < -0.4 is 5.73 Å². The summed E-state index contributed by atoms with van der Waals surface area (Å²) < 4.78 is 5.78. The van der Waals surface area contributed by atoms with Gasteiger partial charge >= 0.3 is 0 Å². The van der Waals surface area contributed by atoms with Crippen LogP contribution in [0.2, 0.25) is 0 Å². The summed E-state index contributed by atoms with van der Waals surface area (Å²) in [5.41, 5.74) is 10.4. The van der Waals surface area contributed by atoms with Gasteiger partial charge in [0.1, 0.15) is 5.52 Å². The number of aromatic nitrogens is 1. The van der Waals surface area contributed by atoms with Gasteiger partial charge in [-0.3, -0.25) is 0 Å². The van der Waals surface area contributed by atoms with Crippen molar-refractivity contribution in [3.63, 3.8) is 0 Å². The van der Waals surface area contributed by atoms with Gasteiger partial charge in [-0.15, -0.1) is 0 Å². The molecule has 0 spiro atoms. The van der Waals surface area contributed by atoms with E-state index in [9.17, 15) is 0 Å². The molecule has 0 fully saturated rings. The second kappa shape index (κ2) is 4.43. The van der Waals surface area contributed by atoms with Crippen LogP contribution in [0.3, 0.4) is 0 Å². The molecule has 0 atom stereocenters. The molecule has 0 aliphatic heterocycles. The molecule has 3 aromatic rings. The van der Waals surface area contributed by atoms with E-state index in [1.54, 1.807) is 0 Å². The smallest absolute Gasteiger partial charge is 0.227 e. The van der Waals surface area contributed by atoms with Crippen molar-refractivity contribution < 1.29 is 4.42 Å². The molecular formula is C16H16N2O. The molecule has 0 saturated heterocycles. The number of rotatable bonds is 2. The first-order valence-corrected chi connectivity index (χ1v) is 6.40. The van der Waals surface area contributed by atoms with Crippen molar-refractivity contribution in [3.05, 3.63) is 48.0 Å². The third-order valence-electron chi connectivity index (χ3n) is 3.21.